The summed E-state index contributed by atoms with van der Waals surface area (Å²) in [6.45, 7) is 5.55. The van der Waals surface area contributed by atoms with Crippen molar-refractivity contribution < 1.29 is 37.8 Å². The second-order valence-electron chi connectivity index (χ2n) is 2.23. The van der Waals surface area contributed by atoms with Gasteiger partial charge in [0.2, 0.25) is 0 Å². The number of aliphatic carboxylic acids is 1. The van der Waals surface area contributed by atoms with Gasteiger partial charge in [-0.15, -0.1) is 0 Å². The van der Waals surface area contributed by atoms with Crippen molar-refractivity contribution in [3.05, 3.63) is 0 Å². The average molecular weight is 272 g/mol. The van der Waals surface area contributed by atoms with Gasteiger partial charge >= 0.3 is 0 Å². The minimum Gasteiger partial charge on any atom is -0.481 e. The van der Waals surface area contributed by atoms with E-state index >= 15 is 0 Å². The Morgan fingerprint density at radius 2 is 1.33 bits per heavy atom. The van der Waals surface area contributed by atoms with E-state index < -0.39 is 5.97 Å². The molecule has 0 unspecified atom stereocenters. The molecule has 0 saturated heterocycles. The molecule has 0 rings (SSSR count). The Bertz CT molecular complexity index is 68.7. The molecule has 0 bridgehead atoms. The molecule has 3 N–H and O–H groups in total. The molecule has 1 radical (unpaired) electrons. The fraction of sp³-hybridized carbons (Fsp3) is 0.875. The second kappa shape index (κ2) is 22.5. The fourth-order valence-electron chi connectivity index (χ4n) is 0.500. The molecule has 0 amide bonds. The van der Waals surface area contributed by atoms with E-state index in [0.717, 1.165) is 6.92 Å². The van der Waals surface area contributed by atoms with E-state index in [4.69, 9.17) is 9.90 Å². The topological polar surface area (TPSA) is 68.8 Å². The predicted molar refractivity (Wildman–Crippen MR) is 46.7 cm³/mol. The van der Waals surface area contributed by atoms with Gasteiger partial charge in [0.15, 0.2) is 0 Å². The number of hydrogen-bond acceptors (Lipinski definition) is 1. The molecule has 12 heavy (non-hydrogen) atoms. The van der Waals surface area contributed by atoms with Crippen LogP contribution in [0.3, 0.4) is 0 Å². The summed E-state index contributed by atoms with van der Waals surface area (Å²) in [6, 6.07) is 0. The van der Waals surface area contributed by atoms with Crippen molar-refractivity contribution in [1.82, 2.24) is 0 Å². The Balaban J connectivity index is -0.0000000483. The number of rotatable bonds is 3. The van der Waals surface area contributed by atoms with Gasteiger partial charge in [0.25, 0.3) is 5.97 Å². The van der Waals surface area contributed by atoms with Gasteiger partial charge in [-0.1, -0.05) is 39.5 Å². The van der Waals surface area contributed by atoms with Crippen LogP contribution in [0.25, 0.3) is 0 Å². The Morgan fingerprint density at radius 3 is 1.42 bits per heavy atom. The summed E-state index contributed by atoms with van der Waals surface area (Å²) in [4.78, 5) is 9.00. The van der Waals surface area contributed by atoms with Gasteiger partial charge < -0.3 is 10.6 Å². The minimum atomic E-state index is -0.833. The molecule has 0 saturated carbocycles. The van der Waals surface area contributed by atoms with Crippen molar-refractivity contribution in [3.8, 4) is 0 Å². The predicted octanol–water partition coefficient (Wildman–Crippen LogP) is 1.85. The Kier molecular flexibility index (Phi) is 42.6. The maximum Gasteiger partial charge on any atom is 0.300 e. The third-order valence-corrected chi connectivity index (χ3v) is 0.957. The van der Waals surface area contributed by atoms with E-state index in [9.17, 15) is 0 Å². The standard InChI is InChI=1S/C6H14.C2H4O2.Ag.H2O/c1-3-5-6-4-2;1-2(3)4;;/h3-6H2,1-2H3;1H3,(H,3,4);;1H2. The molecule has 0 aromatic carbocycles. The number of carboxylic acids is 1. The van der Waals surface area contributed by atoms with Gasteiger partial charge in [-0.2, -0.15) is 0 Å². The quantitative estimate of drug-likeness (QED) is 0.629. The van der Waals surface area contributed by atoms with Crippen LogP contribution in [0.2, 0.25) is 0 Å². The van der Waals surface area contributed by atoms with Crippen LogP contribution in [0.4, 0.5) is 0 Å². The van der Waals surface area contributed by atoms with Crippen molar-refractivity contribution in [2.45, 2.75) is 46.5 Å². The zero-order valence-electron chi connectivity index (χ0n) is 7.99. The molecule has 0 fully saturated rings. The summed E-state index contributed by atoms with van der Waals surface area (Å²) < 4.78 is 0. The molecule has 81 valence electrons. The smallest absolute Gasteiger partial charge is 0.300 e. The molecular formula is C8H20AgO3. The number of hydrogen-bond donors (Lipinski definition) is 1. The summed E-state index contributed by atoms with van der Waals surface area (Å²) in [7, 11) is 0. The molecule has 0 atom stereocenters. The summed E-state index contributed by atoms with van der Waals surface area (Å²) in [6.07, 6.45) is 5.54. The summed E-state index contributed by atoms with van der Waals surface area (Å²) >= 11 is 0. The van der Waals surface area contributed by atoms with E-state index in [1.807, 2.05) is 0 Å². The first-order chi connectivity index (χ1) is 4.65. The van der Waals surface area contributed by atoms with Crippen molar-refractivity contribution in [3.63, 3.8) is 0 Å². The van der Waals surface area contributed by atoms with Crippen LogP contribution in [0.5, 0.6) is 0 Å². The summed E-state index contributed by atoms with van der Waals surface area (Å²) in [5.41, 5.74) is 0. The third kappa shape index (κ3) is 85.1. The molecule has 0 aliphatic rings. The summed E-state index contributed by atoms with van der Waals surface area (Å²) in [5.74, 6) is -0.833. The molecule has 0 heterocycles. The van der Waals surface area contributed by atoms with Crippen molar-refractivity contribution in [2.24, 2.45) is 0 Å². The SMILES string of the molecule is CC(=O)O.CCCCCC.O.[Ag]. The van der Waals surface area contributed by atoms with E-state index in [1.54, 1.807) is 0 Å². The van der Waals surface area contributed by atoms with Crippen LogP contribution in [0, 0.1) is 0 Å². The number of carboxylic acid groups (broad SMARTS) is 1. The zero-order chi connectivity index (χ0) is 8.41. The normalized spacial score (nSPS) is 6.58. The van der Waals surface area contributed by atoms with Crippen LogP contribution in [0.15, 0.2) is 0 Å². The molecule has 4 heteroatoms. The third-order valence-electron chi connectivity index (χ3n) is 0.957. The van der Waals surface area contributed by atoms with E-state index in [-0.39, 0.29) is 27.9 Å². The number of unbranched alkanes of at least 4 members (excludes halogenated alkanes) is 3. The molecule has 3 nitrogen and oxygen atoms in total. The van der Waals surface area contributed by atoms with Crippen LogP contribution in [0.1, 0.15) is 46.5 Å². The number of carbonyl (C=O) groups is 1. The van der Waals surface area contributed by atoms with E-state index in [0.29, 0.717) is 0 Å². The van der Waals surface area contributed by atoms with Gasteiger partial charge in [0, 0.05) is 29.3 Å². The Morgan fingerprint density at radius 1 is 1.17 bits per heavy atom. The maximum atomic E-state index is 9.00. The molecule has 0 aliphatic carbocycles. The van der Waals surface area contributed by atoms with Crippen LogP contribution in [-0.4, -0.2) is 16.6 Å². The van der Waals surface area contributed by atoms with Gasteiger partial charge in [-0.05, 0) is 0 Å². The Hall–Kier alpha value is 0.170. The largest absolute Gasteiger partial charge is 0.481 e. The molecule has 0 aromatic heterocycles. The van der Waals surface area contributed by atoms with Gasteiger partial charge in [-0.25, -0.2) is 0 Å². The van der Waals surface area contributed by atoms with Crippen molar-refractivity contribution in [2.75, 3.05) is 0 Å². The molecule has 0 spiro atoms. The molecule has 0 aliphatic heterocycles. The first kappa shape index (κ1) is 22.7. The van der Waals surface area contributed by atoms with Crippen molar-refractivity contribution >= 4 is 5.97 Å². The minimum absolute atomic E-state index is 0. The maximum absolute atomic E-state index is 9.00. The van der Waals surface area contributed by atoms with E-state index in [2.05, 4.69) is 13.8 Å². The summed E-state index contributed by atoms with van der Waals surface area (Å²) in [5, 5.41) is 7.42. The van der Waals surface area contributed by atoms with Crippen LogP contribution in [-0.2, 0) is 27.2 Å². The fourth-order valence-corrected chi connectivity index (χ4v) is 0.500. The van der Waals surface area contributed by atoms with Crippen LogP contribution >= 0.6 is 0 Å². The van der Waals surface area contributed by atoms with Gasteiger partial charge in [0.1, 0.15) is 0 Å². The first-order valence-corrected chi connectivity index (χ1v) is 3.84. The second-order valence-corrected chi connectivity index (χ2v) is 2.23. The molecular weight excluding hydrogens is 252 g/mol. The van der Waals surface area contributed by atoms with Crippen molar-refractivity contribution in [1.29, 1.82) is 0 Å². The van der Waals surface area contributed by atoms with E-state index in [1.165, 1.54) is 25.7 Å². The van der Waals surface area contributed by atoms with Gasteiger partial charge in [-0.3, -0.25) is 4.79 Å². The first-order valence-electron chi connectivity index (χ1n) is 3.84. The molecule has 0 aromatic rings. The van der Waals surface area contributed by atoms with Crippen LogP contribution < -0.4 is 0 Å². The average Bonchev–Trinajstić information content (AvgIpc) is 1.82. The zero-order valence-corrected chi connectivity index (χ0v) is 9.47. The monoisotopic (exact) mass is 271 g/mol. The van der Waals surface area contributed by atoms with Gasteiger partial charge in [0.05, 0.1) is 0 Å². The Labute approximate surface area is 90.4 Å².